The number of anilines is 1. The molecule has 0 saturated heterocycles. The Balaban J connectivity index is 1.96. The fourth-order valence-corrected chi connectivity index (χ4v) is 2.30. The first kappa shape index (κ1) is 13.4. The van der Waals surface area contributed by atoms with Crippen LogP contribution in [0.1, 0.15) is 15.9 Å². The van der Waals surface area contributed by atoms with Crippen LogP contribution in [0.5, 0.6) is 0 Å². The molecule has 98 valence electrons. The van der Waals surface area contributed by atoms with Crippen LogP contribution in [-0.2, 0) is 5.75 Å². The van der Waals surface area contributed by atoms with E-state index >= 15 is 0 Å². The van der Waals surface area contributed by atoms with Crippen molar-refractivity contribution in [2.24, 2.45) is 5.84 Å². The molecule has 0 fully saturated rings. The van der Waals surface area contributed by atoms with Gasteiger partial charge in [0.05, 0.1) is 0 Å². The second-order valence-corrected chi connectivity index (χ2v) is 4.93. The Morgan fingerprint density at radius 2 is 1.95 bits per heavy atom. The summed E-state index contributed by atoms with van der Waals surface area (Å²) in [6, 6.07) is 11.0. The molecule has 0 saturated carbocycles. The van der Waals surface area contributed by atoms with E-state index in [1.807, 2.05) is 18.2 Å². The van der Waals surface area contributed by atoms with E-state index in [1.165, 1.54) is 0 Å². The largest absolute Gasteiger partial charge is 0.384 e. The first-order valence-electron chi connectivity index (χ1n) is 5.63. The average molecular weight is 274 g/mol. The van der Waals surface area contributed by atoms with Crippen LogP contribution in [-0.4, -0.2) is 10.9 Å². The van der Waals surface area contributed by atoms with Gasteiger partial charge < -0.3 is 5.73 Å². The number of carbonyl (C=O) groups excluding carboxylic acids is 1. The molecule has 19 heavy (non-hydrogen) atoms. The maximum absolute atomic E-state index is 11.3. The highest BCUT2D eigenvalue weighted by Gasteiger charge is 2.03. The molecule has 5 N–H and O–H groups in total. The van der Waals surface area contributed by atoms with Gasteiger partial charge in [0, 0.05) is 22.4 Å². The Morgan fingerprint density at radius 3 is 2.53 bits per heavy atom. The van der Waals surface area contributed by atoms with Gasteiger partial charge in [-0.3, -0.25) is 10.2 Å². The van der Waals surface area contributed by atoms with E-state index in [9.17, 15) is 4.79 Å². The number of rotatable bonds is 4. The van der Waals surface area contributed by atoms with Crippen molar-refractivity contribution < 1.29 is 4.79 Å². The highest BCUT2D eigenvalue weighted by Crippen LogP contribution is 2.22. The molecule has 1 aromatic carbocycles. The van der Waals surface area contributed by atoms with Gasteiger partial charge in [0.15, 0.2) is 0 Å². The quantitative estimate of drug-likeness (QED) is 0.340. The minimum atomic E-state index is -0.290. The van der Waals surface area contributed by atoms with Crippen molar-refractivity contribution in [1.82, 2.24) is 10.4 Å². The summed E-state index contributed by atoms with van der Waals surface area (Å²) in [7, 11) is 0. The molecule has 0 aliphatic carbocycles. The zero-order chi connectivity index (χ0) is 13.7. The minimum Gasteiger partial charge on any atom is -0.384 e. The highest BCUT2D eigenvalue weighted by molar-refractivity contribution is 7.98. The second-order valence-electron chi connectivity index (χ2n) is 3.88. The summed E-state index contributed by atoms with van der Waals surface area (Å²) in [4.78, 5) is 16.4. The Hall–Kier alpha value is -2.05. The molecule has 6 heteroatoms. The van der Waals surface area contributed by atoms with Crippen molar-refractivity contribution in [3.63, 3.8) is 0 Å². The summed E-state index contributed by atoms with van der Waals surface area (Å²) in [5.41, 5.74) is 9.29. The van der Waals surface area contributed by atoms with E-state index in [0.717, 1.165) is 16.2 Å². The molecule has 0 bridgehead atoms. The molecule has 0 radical (unpaired) electrons. The number of aromatic nitrogens is 1. The smallest absolute Gasteiger partial charge is 0.265 e. The number of carbonyl (C=O) groups is 1. The standard InChI is InChI=1S/C13H14N4OS/c14-12-6-5-11(7-16-12)19-8-9-1-3-10(4-2-9)13(18)17-15/h1-7H,8,15H2,(H2,14,16)(H,17,18). The number of nitrogens with two attached hydrogens (primary N) is 2. The third-order valence-electron chi connectivity index (χ3n) is 2.51. The SMILES string of the molecule is NNC(=O)c1ccc(CSc2ccc(N)nc2)cc1. The number of pyridine rings is 1. The van der Waals surface area contributed by atoms with Gasteiger partial charge in [0.25, 0.3) is 5.91 Å². The van der Waals surface area contributed by atoms with Gasteiger partial charge in [0.1, 0.15) is 5.82 Å². The highest BCUT2D eigenvalue weighted by atomic mass is 32.2. The maximum atomic E-state index is 11.3. The molecule has 2 aromatic rings. The zero-order valence-electron chi connectivity index (χ0n) is 10.2. The van der Waals surface area contributed by atoms with Crippen LogP contribution < -0.4 is 17.0 Å². The van der Waals surface area contributed by atoms with Gasteiger partial charge in [0.2, 0.25) is 0 Å². The van der Waals surface area contributed by atoms with Crippen LogP contribution >= 0.6 is 11.8 Å². The maximum Gasteiger partial charge on any atom is 0.265 e. The van der Waals surface area contributed by atoms with Crippen LogP contribution in [0.2, 0.25) is 0 Å². The Bertz CT molecular complexity index is 554. The topological polar surface area (TPSA) is 94.0 Å². The van der Waals surface area contributed by atoms with Crippen LogP contribution in [0.3, 0.4) is 0 Å². The molecular formula is C13H14N4OS. The number of nitrogens with one attached hydrogen (secondary N) is 1. The number of nitrogen functional groups attached to an aromatic ring is 2. The number of thioether (sulfide) groups is 1. The molecule has 0 spiro atoms. The first-order chi connectivity index (χ1) is 9.19. The van der Waals surface area contributed by atoms with Gasteiger partial charge in [-0.15, -0.1) is 11.8 Å². The number of hydrogen-bond donors (Lipinski definition) is 3. The van der Waals surface area contributed by atoms with E-state index < -0.39 is 0 Å². The monoisotopic (exact) mass is 274 g/mol. The lowest BCUT2D eigenvalue weighted by molar-refractivity contribution is 0.0953. The molecule has 0 unspecified atom stereocenters. The van der Waals surface area contributed by atoms with Crippen molar-refractivity contribution in [2.45, 2.75) is 10.6 Å². The molecule has 0 aliphatic rings. The molecule has 0 aliphatic heterocycles. The average Bonchev–Trinajstić information content (AvgIpc) is 2.46. The lowest BCUT2D eigenvalue weighted by atomic mass is 10.1. The van der Waals surface area contributed by atoms with E-state index in [2.05, 4.69) is 10.4 Å². The molecule has 5 nitrogen and oxygen atoms in total. The van der Waals surface area contributed by atoms with Crippen LogP contribution in [0.15, 0.2) is 47.5 Å². The van der Waals surface area contributed by atoms with Crippen molar-refractivity contribution in [3.8, 4) is 0 Å². The van der Waals surface area contributed by atoms with Gasteiger partial charge in [-0.2, -0.15) is 0 Å². The first-order valence-corrected chi connectivity index (χ1v) is 6.62. The third-order valence-corrected chi connectivity index (χ3v) is 3.56. The number of nitrogens with zero attached hydrogens (tertiary/aromatic N) is 1. The van der Waals surface area contributed by atoms with E-state index in [-0.39, 0.29) is 5.91 Å². The summed E-state index contributed by atoms with van der Waals surface area (Å²) >= 11 is 1.66. The van der Waals surface area contributed by atoms with Gasteiger partial charge in [-0.1, -0.05) is 12.1 Å². The minimum absolute atomic E-state index is 0.290. The van der Waals surface area contributed by atoms with Crippen LogP contribution in [0, 0.1) is 0 Å². The number of benzene rings is 1. The Labute approximate surface area is 115 Å². The number of amides is 1. The van der Waals surface area contributed by atoms with Crippen LogP contribution in [0.4, 0.5) is 5.82 Å². The second kappa shape index (κ2) is 6.21. The number of hydrazine groups is 1. The third kappa shape index (κ3) is 3.70. The molecule has 2 rings (SSSR count). The Kier molecular flexibility index (Phi) is 4.38. The fraction of sp³-hybridized carbons (Fsp3) is 0.0769. The molecule has 1 amide bonds. The van der Waals surface area contributed by atoms with E-state index in [4.69, 9.17) is 11.6 Å². The van der Waals surface area contributed by atoms with Gasteiger partial charge in [-0.05, 0) is 29.8 Å². The summed E-state index contributed by atoms with van der Waals surface area (Å²) < 4.78 is 0. The number of hydrogen-bond acceptors (Lipinski definition) is 5. The molecule has 0 atom stereocenters. The van der Waals surface area contributed by atoms with Crippen molar-refractivity contribution in [3.05, 3.63) is 53.7 Å². The lowest BCUT2D eigenvalue weighted by Gasteiger charge is -2.04. The zero-order valence-corrected chi connectivity index (χ0v) is 11.0. The van der Waals surface area contributed by atoms with E-state index in [1.54, 1.807) is 36.2 Å². The normalized spacial score (nSPS) is 10.2. The molecule has 1 heterocycles. The van der Waals surface area contributed by atoms with E-state index in [0.29, 0.717) is 11.4 Å². The predicted octanol–water partition coefficient (Wildman–Crippen LogP) is 1.56. The lowest BCUT2D eigenvalue weighted by Crippen LogP contribution is -2.29. The van der Waals surface area contributed by atoms with Gasteiger partial charge >= 0.3 is 0 Å². The Morgan fingerprint density at radius 1 is 1.21 bits per heavy atom. The van der Waals surface area contributed by atoms with Gasteiger partial charge in [-0.25, -0.2) is 10.8 Å². The predicted molar refractivity (Wildman–Crippen MR) is 76.3 cm³/mol. The van der Waals surface area contributed by atoms with Crippen molar-refractivity contribution in [2.75, 3.05) is 5.73 Å². The fourth-order valence-electron chi connectivity index (χ4n) is 1.48. The van der Waals surface area contributed by atoms with Crippen molar-refractivity contribution >= 4 is 23.5 Å². The van der Waals surface area contributed by atoms with Crippen molar-refractivity contribution in [1.29, 1.82) is 0 Å². The van der Waals surface area contributed by atoms with Crippen LogP contribution in [0.25, 0.3) is 0 Å². The summed E-state index contributed by atoms with van der Waals surface area (Å²) in [5, 5.41) is 0. The molecule has 1 aromatic heterocycles. The summed E-state index contributed by atoms with van der Waals surface area (Å²) in [6.07, 6.45) is 1.75. The summed E-state index contributed by atoms with van der Waals surface area (Å²) in [5.74, 6) is 6.10. The summed E-state index contributed by atoms with van der Waals surface area (Å²) in [6.45, 7) is 0. The molecular weight excluding hydrogens is 260 g/mol.